The molecule has 2 aliphatic heterocycles. The van der Waals surface area contributed by atoms with Crippen molar-refractivity contribution in [2.45, 2.75) is 58.0 Å². The van der Waals surface area contributed by atoms with Crippen LogP contribution in [0.2, 0.25) is 5.04 Å². The highest BCUT2D eigenvalue weighted by Gasteiger charge is 2.51. The van der Waals surface area contributed by atoms with E-state index in [1.807, 2.05) is 27.9 Å². The minimum atomic E-state index is -2.84. The minimum Gasteiger partial charge on any atom is -0.406 e. The number of aryl methyl sites for hydroxylation is 1. The second-order valence-electron chi connectivity index (χ2n) is 16.4. The molecule has 8 rings (SSSR count). The number of carbonyl (C=O) groups excluding carboxylic acids is 1. The lowest BCUT2D eigenvalue weighted by atomic mass is 10.1. The van der Waals surface area contributed by atoms with Gasteiger partial charge in [0.15, 0.2) is 16.6 Å². The van der Waals surface area contributed by atoms with E-state index in [0.29, 0.717) is 26.2 Å². The molecule has 1 atom stereocenters. The standard InChI is InChI=1S/C45H53FN8O2SSi/c1-6-38-43(50(5)44-48-39(32-57-44)33-19-21-34(46)22-20-33)54-40(47-38)23-24-41(49-54)53-28-27-52(30-42(55)51-25-13-14-26-51)35(29-53)31-56-58(45(2,3)4,36-15-9-7-10-16-36)37-17-11-8-12-18-37/h7-12,15-24,32,35H,6,13-14,25-31H2,1-5H3/t35-/m0/s1. The SMILES string of the molecule is CCc1nc2ccc(N3CCN(CC(=O)N4CCCC4)[C@H](CO[Si](c4ccccc4)(c4ccccc4)C(C)(C)C)C3)nn2c1N(C)c1nc(-c2ccc(F)cc2)cs1. The number of hydrogen-bond acceptors (Lipinski definition) is 9. The molecule has 58 heavy (non-hydrogen) atoms. The van der Waals surface area contributed by atoms with E-state index < -0.39 is 8.32 Å². The van der Waals surface area contributed by atoms with Gasteiger partial charge in [-0.25, -0.2) is 14.4 Å². The molecular formula is C45H53FN8O2SSi. The molecule has 0 saturated carbocycles. The summed E-state index contributed by atoms with van der Waals surface area (Å²) in [6.45, 7) is 13.6. The van der Waals surface area contributed by atoms with Crippen molar-refractivity contribution >= 4 is 58.3 Å². The molecule has 2 saturated heterocycles. The molecule has 302 valence electrons. The van der Waals surface area contributed by atoms with Crippen LogP contribution in [0.4, 0.5) is 21.2 Å². The zero-order valence-electron chi connectivity index (χ0n) is 34.1. The van der Waals surface area contributed by atoms with E-state index in [-0.39, 0.29) is 22.8 Å². The molecule has 0 spiro atoms. The fraction of sp³-hybridized carbons (Fsp3) is 0.378. The van der Waals surface area contributed by atoms with Crippen LogP contribution in [0.25, 0.3) is 16.9 Å². The second kappa shape index (κ2) is 16.7. The quantitative estimate of drug-likeness (QED) is 0.122. The van der Waals surface area contributed by atoms with E-state index in [9.17, 15) is 9.18 Å². The fourth-order valence-corrected chi connectivity index (χ4v) is 14.1. The Hall–Kier alpha value is -4.95. The summed E-state index contributed by atoms with van der Waals surface area (Å²) < 4.78 is 23.1. The number of imidazole rings is 1. The molecule has 13 heteroatoms. The Balaban J connectivity index is 1.12. The molecule has 0 radical (unpaired) electrons. The minimum absolute atomic E-state index is 0.0595. The number of piperazine rings is 1. The molecule has 1 amide bonds. The molecule has 10 nitrogen and oxygen atoms in total. The van der Waals surface area contributed by atoms with Gasteiger partial charge in [0.05, 0.1) is 24.5 Å². The van der Waals surface area contributed by atoms with E-state index >= 15 is 0 Å². The van der Waals surface area contributed by atoms with Gasteiger partial charge in [0, 0.05) is 56.8 Å². The highest BCUT2D eigenvalue weighted by molar-refractivity contribution is 7.14. The summed E-state index contributed by atoms with van der Waals surface area (Å²) in [6, 6.07) is 32.0. The summed E-state index contributed by atoms with van der Waals surface area (Å²) in [5.41, 5.74) is 3.34. The molecule has 3 aromatic carbocycles. The number of aromatic nitrogens is 4. The van der Waals surface area contributed by atoms with Crippen molar-refractivity contribution in [3.63, 3.8) is 0 Å². The van der Waals surface area contributed by atoms with E-state index in [4.69, 9.17) is 19.5 Å². The van der Waals surface area contributed by atoms with Crippen LogP contribution in [-0.4, -0.2) is 103 Å². The van der Waals surface area contributed by atoms with Gasteiger partial charge < -0.3 is 19.1 Å². The zero-order valence-corrected chi connectivity index (χ0v) is 36.0. The first-order chi connectivity index (χ1) is 28.1. The average Bonchev–Trinajstić information content (AvgIpc) is 4.03. The lowest BCUT2D eigenvalue weighted by Gasteiger charge is -2.46. The Bertz CT molecular complexity index is 2290. The Morgan fingerprint density at radius 3 is 2.21 bits per heavy atom. The number of nitrogens with zero attached hydrogens (tertiary/aromatic N) is 8. The van der Waals surface area contributed by atoms with Crippen LogP contribution in [0.15, 0.2) is 102 Å². The van der Waals surface area contributed by atoms with Gasteiger partial charge in [-0.1, -0.05) is 88.4 Å². The summed E-state index contributed by atoms with van der Waals surface area (Å²) in [5, 5.41) is 10.4. The van der Waals surface area contributed by atoms with Gasteiger partial charge in [-0.15, -0.1) is 16.4 Å². The first kappa shape index (κ1) is 39.9. The molecule has 5 heterocycles. The smallest absolute Gasteiger partial charge is 0.261 e. The van der Waals surface area contributed by atoms with Crippen molar-refractivity contribution in [1.82, 2.24) is 29.4 Å². The van der Waals surface area contributed by atoms with Crippen molar-refractivity contribution in [3.05, 3.63) is 114 Å². The maximum absolute atomic E-state index is 13.7. The first-order valence-electron chi connectivity index (χ1n) is 20.4. The number of amides is 1. The number of benzene rings is 3. The molecule has 0 N–H and O–H groups in total. The van der Waals surface area contributed by atoms with Crippen LogP contribution >= 0.6 is 11.3 Å². The van der Waals surface area contributed by atoms with E-state index in [1.165, 1.54) is 33.8 Å². The molecule has 2 aliphatic rings. The lowest BCUT2D eigenvalue weighted by Crippen LogP contribution is -2.68. The molecule has 2 fully saturated rings. The maximum Gasteiger partial charge on any atom is 0.261 e. The maximum atomic E-state index is 13.7. The third-order valence-corrected chi connectivity index (χ3v) is 17.6. The molecule has 6 aromatic rings. The molecular weight excluding hydrogens is 764 g/mol. The Morgan fingerprint density at radius 1 is 0.897 bits per heavy atom. The topological polar surface area (TPSA) is 82.3 Å². The second-order valence-corrected chi connectivity index (χ2v) is 21.6. The third-order valence-electron chi connectivity index (χ3n) is 11.7. The zero-order chi connectivity index (χ0) is 40.4. The number of likely N-dealkylation sites (tertiary alicyclic amines) is 1. The van der Waals surface area contributed by atoms with E-state index in [0.717, 1.165) is 78.3 Å². The van der Waals surface area contributed by atoms with Gasteiger partial charge in [0.2, 0.25) is 5.91 Å². The number of carbonyl (C=O) groups is 1. The summed E-state index contributed by atoms with van der Waals surface area (Å²) in [5.74, 6) is 1.63. The van der Waals surface area contributed by atoms with Gasteiger partial charge >= 0.3 is 0 Å². The lowest BCUT2D eigenvalue weighted by molar-refractivity contribution is -0.132. The highest BCUT2D eigenvalue weighted by atomic mass is 32.1. The molecule has 3 aromatic heterocycles. The monoisotopic (exact) mass is 816 g/mol. The van der Waals surface area contributed by atoms with Crippen LogP contribution < -0.4 is 20.2 Å². The first-order valence-corrected chi connectivity index (χ1v) is 23.2. The van der Waals surface area contributed by atoms with Crippen molar-refractivity contribution in [2.24, 2.45) is 0 Å². The summed E-state index contributed by atoms with van der Waals surface area (Å²) in [6.07, 6.45) is 2.86. The van der Waals surface area contributed by atoms with Crippen molar-refractivity contribution in [2.75, 3.05) is 62.7 Å². The Labute approximate surface area is 346 Å². The number of hydrogen-bond donors (Lipinski definition) is 0. The highest BCUT2D eigenvalue weighted by Crippen LogP contribution is 2.38. The molecule has 0 bridgehead atoms. The van der Waals surface area contributed by atoms with Gasteiger partial charge in [-0.05, 0) is 71.1 Å². The number of anilines is 3. The van der Waals surface area contributed by atoms with E-state index in [2.05, 4.69) is 109 Å². The predicted octanol–water partition coefficient (Wildman–Crippen LogP) is 7.01. The van der Waals surface area contributed by atoms with Crippen LogP contribution in [0.3, 0.4) is 0 Å². The summed E-state index contributed by atoms with van der Waals surface area (Å²) in [7, 11) is -0.839. The summed E-state index contributed by atoms with van der Waals surface area (Å²) >= 11 is 1.53. The third kappa shape index (κ3) is 7.80. The summed E-state index contributed by atoms with van der Waals surface area (Å²) in [4.78, 5) is 32.4. The van der Waals surface area contributed by atoms with Crippen LogP contribution in [0, 0.1) is 5.82 Å². The number of fused-ring (bicyclic) bond motifs is 1. The van der Waals surface area contributed by atoms with Crippen molar-refractivity contribution in [1.29, 1.82) is 0 Å². The average molecular weight is 817 g/mol. The Kier molecular flexibility index (Phi) is 11.5. The van der Waals surface area contributed by atoms with Gasteiger partial charge in [-0.2, -0.15) is 4.52 Å². The molecule has 0 aliphatic carbocycles. The number of halogens is 1. The van der Waals surface area contributed by atoms with Gasteiger partial charge in [0.25, 0.3) is 8.32 Å². The van der Waals surface area contributed by atoms with Crippen LogP contribution in [0.1, 0.15) is 46.2 Å². The van der Waals surface area contributed by atoms with E-state index in [1.54, 1.807) is 12.1 Å². The number of rotatable bonds is 12. The van der Waals surface area contributed by atoms with Gasteiger partial charge in [0.1, 0.15) is 11.6 Å². The van der Waals surface area contributed by atoms with Crippen LogP contribution in [-0.2, 0) is 15.6 Å². The normalized spacial score (nSPS) is 16.7. The van der Waals surface area contributed by atoms with Crippen molar-refractivity contribution < 1.29 is 13.6 Å². The van der Waals surface area contributed by atoms with Gasteiger partial charge in [-0.3, -0.25) is 9.69 Å². The predicted molar refractivity (Wildman–Crippen MR) is 235 cm³/mol. The Morgan fingerprint density at radius 2 is 1.57 bits per heavy atom. The number of thiazole rings is 1. The largest absolute Gasteiger partial charge is 0.406 e. The fourth-order valence-electron chi connectivity index (χ4n) is 8.65. The van der Waals surface area contributed by atoms with Crippen molar-refractivity contribution in [3.8, 4) is 11.3 Å². The molecule has 0 unspecified atom stereocenters. The van der Waals surface area contributed by atoms with Crippen LogP contribution in [0.5, 0.6) is 0 Å².